The molecule has 2 heterocycles. The lowest BCUT2D eigenvalue weighted by molar-refractivity contribution is -0.136. The number of aromatic nitrogens is 2. The van der Waals surface area contributed by atoms with Crippen LogP contribution in [0.3, 0.4) is 0 Å². The van der Waals surface area contributed by atoms with Gasteiger partial charge in [0.05, 0.1) is 12.1 Å². The molecule has 0 atom stereocenters. The number of carbonyl (C=O) groups is 1. The fraction of sp³-hybridized carbons (Fsp3) is 0.200. The van der Waals surface area contributed by atoms with Crippen LogP contribution in [-0.2, 0) is 11.2 Å². The number of carboxylic acids is 1. The molecule has 0 saturated heterocycles. The lowest BCUT2D eigenvalue weighted by Gasteiger charge is -1.96. The van der Waals surface area contributed by atoms with Crippen LogP contribution < -0.4 is 0 Å². The number of halogens is 1. The Bertz CT molecular complexity index is 533. The Morgan fingerprint density at radius 2 is 2.40 bits per heavy atom. The third kappa shape index (κ3) is 1.80. The third-order valence-electron chi connectivity index (χ3n) is 2.24. The zero-order valence-corrected chi connectivity index (χ0v) is 8.82. The number of hydrogen-bond donors (Lipinski definition) is 1. The third-order valence-corrected chi connectivity index (χ3v) is 2.48. The summed E-state index contributed by atoms with van der Waals surface area (Å²) in [4.78, 5) is 14.8. The van der Waals surface area contributed by atoms with E-state index in [0.29, 0.717) is 16.4 Å². The second-order valence-corrected chi connectivity index (χ2v) is 3.72. The van der Waals surface area contributed by atoms with Gasteiger partial charge in [0, 0.05) is 23.0 Å². The van der Waals surface area contributed by atoms with Crippen molar-refractivity contribution in [3.8, 4) is 0 Å². The highest BCUT2D eigenvalue weighted by atomic mass is 35.5. The van der Waals surface area contributed by atoms with Crippen molar-refractivity contribution in [3.63, 3.8) is 0 Å². The Morgan fingerprint density at radius 1 is 1.67 bits per heavy atom. The van der Waals surface area contributed by atoms with Crippen LogP contribution in [-0.4, -0.2) is 20.5 Å². The molecule has 2 aromatic rings. The van der Waals surface area contributed by atoms with E-state index >= 15 is 0 Å². The summed E-state index contributed by atoms with van der Waals surface area (Å²) in [5.74, 6) is -0.882. The molecule has 2 rings (SSSR count). The van der Waals surface area contributed by atoms with Gasteiger partial charge in [-0.05, 0) is 13.0 Å². The molecule has 0 aromatic carbocycles. The van der Waals surface area contributed by atoms with Crippen LogP contribution in [0.25, 0.3) is 5.65 Å². The molecule has 0 radical (unpaired) electrons. The van der Waals surface area contributed by atoms with Crippen molar-refractivity contribution < 1.29 is 9.90 Å². The van der Waals surface area contributed by atoms with E-state index in [1.807, 2.05) is 11.3 Å². The van der Waals surface area contributed by atoms with Crippen molar-refractivity contribution >= 4 is 23.2 Å². The van der Waals surface area contributed by atoms with Crippen molar-refractivity contribution in [2.75, 3.05) is 0 Å². The number of aryl methyl sites for hydroxylation is 1. The summed E-state index contributed by atoms with van der Waals surface area (Å²) in [6, 6.07) is 3.45. The smallest absolute Gasteiger partial charge is 0.309 e. The van der Waals surface area contributed by atoms with Crippen molar-refractivity contribution in [1.82, 2.24) is 9.38 Å². The van der Waals surface area contributed by atoms with Gasteiger partial charge in [0.15, 0.2) is 0 Å². The first-order chi connectivity index (χ1) is 7.08. The van der Waals surface area contributed by atoms with E-state index in [1.165, 1.54) is 0 Å². The fourth-order valence-electron chi connectivity index (χ4n) is 1.50. The zero-order chi connectivity index (χ0) is 11.0. The number of rotatable bonds is 2. The second kappa shape index (κ2) is 3.55. The first-order valence-corrected chi connectivity index (χ1v) is 4.80. The number of hydrogen-bond acceptors (Lipinski definition) is 2. The molecule has 1 N–H and O–H groups in total. The maximum atomic E-state index is 10.6. The van der Waals surface area contributed by atoms with Gasteiger partial charge in [-0.2, -0.15) is 0 Å². The number of fused-ring (bicyclic) bond motifs is 1. The molecule has 0 saturated carbocycles. The topological polar surface area (TPSA) is 54.6 Å². The van der Waals surface area contributed by atoms with Crippen molar-refractivity contribution in [2.45, 2.75) is 13.3 Å². The molecule has 78 valence electrons. The summed E-state index contributed by atoms with van der Waals surface area (Å²) < 4.78 is 1.82. The fourth-order valence-corrected chi connectivity index (χ4v) is 1.66. The number of nitrogens with zero attached hydrogens (tertiary/aromatic N) is 2. The highest BCUT2D eigenvalue weighted by Gasteiger charge is 2.11. The molecule has 2 aromatic heterocycles. The molecule has 0 spiro atoms. The maximum Gasteiger partial charge on any atom is 0.309 e. The minimum absolute atomic E-state index is 0.0644. The van der Waals surface area contributed by atoms with Gasteiger partial charge >= 0.3 is 5.97 Å². The van der Waals surface area contributed by atoms with Crippen LogP contribution >= 0.6 is 11.6 Å². The number of imidazole rings is 1. The zero-order valence-electron chi connectivity index (χ0n) is 8.07. The van der Waals surface area contributed by atoms with Crippen LogP contribution in [0.2, 0.25) is 5.02 Å². The molecule has 15 heavy (non-hydrogen) atoms. The Balaban J connectivity index is 2.58. The molecular weight excluding hydrogens is 216 g/mol. The van der Waals surface area contributed by atoms with Crippen LogP contribution in [0.15, 0.2) is 18.3 Å². The Hall–Kier alpha value is -1.55. The van der Waals surface area contributed by atoms with E-state index in [4.69, 9.17) is 16.7 Å². The first kappa shape index (κ1) is 9.98. The van der Waals surface area contributed by atoms with Gasteiger partial charge in [0.1, 0.15) is 5.65 Å². The van der Waals surface area contributed by atoms with Gasteiger partial charge in [-0.15, -0.1) is 0 Å². The Kier molecular flexibility index (Phi) is 2.36. The van der Waals surface area contributed by atoms with E-state index in [9.17, 15) is 4.79 Å². The predicted octanol–water partition coefficient (Wildman–Crippen LogP) is 1.92. The molecule has 5 heteroatoms. The molecule has 4 nitrogen and oxygen atoms in total. The monoisotopic (exact) mass is 224 g/mol. The highest BCUT2D eigenvalue weighted by Crippen LogP contribution is 2.16. The molecule has 0 bridgehead atoms. The Morgan fingerprint density at radius 3 is 3.07 bits per heavy atom. The SMILES string of the molecule is Cc1c(CC(=O)O)nc2cc(Cl)ccn12. The van der Waals surface area contributed by atoms with E-state index in [0.717, 1.165) is 5.69 Å². The second-order valence-electron chi connectivity index (χ2n) is 3.29. The van der Waals surface area contributed by atoms with Crippen molar-refractivity contribution in [3.05, 3.63) is 34.7 Å². The summed E-state index contributed by atoms with van der Waals surface area (Å²) in [6.45, 7) is 1.84. The predicted molar refractivity (Wildman–Crippen MR) is 56.3 cm³/mol. The average molecular weight is 225 g/mol. The van der Waals surface area contributed by atoms with E-state index < -0.39 is 5.97 Å². The quantitative estimate of drug-likeness (QED) is 0.848. The van der Waals surface area contributed by atoms with Gasteiger partial charge in [0.2, 0.25) is 0 Å². The van der Waals surface area contributed by atoms with Crippen LogP contribution in [0.5, 0.6) is 0 Å². The van der Waals surface area contributed by atoms with Gasteiger partial charge in [0.25, 0.3) is 0 Å². The molecule has 0 fully saturated rings. The maximum absolute atomic E-state index is 10.6. The normalized spacial score (nSPS) is 10.8. The summed E-state index contributed by atoms with van der Waals surface area (Å²) in [5, 5.41) is 9.29. The van der Waals surface area contributed by atoms with E-state index in [-0.39, 0.29) is 6.42 Å². The van der Waals surface area contributed by atoms with Crippen LogP contribution in [0, 0.1) is 6.92 Å². The summed E-state index contributed by atoms with van der Waals surface area (Å²) >= 11 is 5.82. The lowest BCUT2D eigenvalue weighted by atomic mass is 10.2. The van der Waals surface area contributed by atoms with E-state index in [2.05, 4.69) is 4.98 Å². The average Bonchev–Trinajstić information content (AvgIpc) is 2.42. The van der Waals surface area contributed by atoms with Gasteiger partial charge < -0.3 is 9.51 Å². The molecule has 0 aliphatic rings. The Labute approximate surface area is 91.1 Å². The molecule has 0 aliphatic heterocycles. The van der Waals surface area contributed by atoms with Crippen molar-refractivity contribution in [1.29, 1.82) is 0 Å². The highest BCUT2D eigenvalue weighted by molar-refractivity contribution is 6.30. The summed E-state index contributed by atoms with van der Waals surface area (Å²) in [7, 11) is 0. The van der Waals surface area contributed by atoms with Gasteiger partial charge in [-0.25, -0.2) is 4.98 Å². The summed E-state index contributed by atoms with van der Waals surface area (Å²) in [5.41, 5.74) is 2.09. The molecular formula is C10H9ClN2O2. The van der Waals surface area contributed by atoms with E-state index in [1.54, 1.807) is 18.3 Å². The lowest BCUT2D eigenvalue weighted by Crippen LogP contribution is -2.02. The molecule has 0 unspecified atom stereocenters. The van der Waals surface area contributed by atoms with Crippen LogP contribution in [0.1, 0.15) is 11.4 Å². The van der Waals surface area contributed by atoms with Crippen LogP contribution in [0.4, 0.5) is 0 Å². The number of pyridine rings is 1. The number of carboxylic acid groups (broad SMARTS) is 1. The van der Waals surface area contributed by atoms with Gasteiger partial charge in [-0.3, -0.25) is 4.79 Å². The minimum Gasteiger partial charge on any atom is -0.481 e. The van der Waals surface area contributed by atoms with Gasteiger partial charge in [-0.1, -0.05) is 11.6 Å². The summed E-state index contributed by atoms with van der Waals surface area (Å²) in [6.07, 6.45) is 1.72. The molecule has 0 amide bonds. The van der Waals surface area contributed by atoms with Crippen molar-refractivity contribution in [2.24, 2.45) is 0 Å². The molecule has 0 aliphatic carbocycles. The minimum atomic E-state index is -0.882. The number of aliphatic carboxylic acids is 1. The standard InChI is InChI=1S/C10H9ClN2O2/c1-6-8(5-10(14)15)12-9-4-7(11)2-3-13(6)9/h2-4H,5H2,1H3,(H,14,15). The largest absolute Gasteiger partial charge is 0.481 e. The first-order valence-electron chi connectivity index (χ1n) is 4.43.